The van der Waals surface area contributed by atoms with E-state index in [2.05, 4.69) is 25.3 Å². The summed E-state index contributed by atoms with van der Waals surface area (Å²) < 4.78 is 11.1. The van der Waals surface area contributed by atoms with Gasteiger partial charge in [0.25, 0.3) is 0 Å². The zero-order valence-corrected chi connectivity index (χ0v) is 11.8. The maximum absolute atomic E-state index is 5.68. The van der Waals surface area contributed by atoms with Crippen molar-refractivity contribution in [2.24, 2.45) is 11.8 Å². The fourth-order valence-electron chi connectivity index (χ4n) is 2.35. The average Bonchev–Trinajstić information content (AvgIpc) is 2.43. The molecule has 0 radical (unpaired) electrons. The van der Waals surface area contributed by atoms with Crippen LogP contribution in [-0.2, 0) is 0 Å². The number of ether oxygens (including phenoxy) is 2. The van der Waals surface area contributed by atoms with E-state index in [1.165, 1.54) is 12.8 Å². The summed E-state index contributed by atoms with van der Waals surface area (Å²) in [6, 6.07) is 6.24. The Hall–Kier alpha value is -1.26. The van der Waals surface area contributed by atoms with Gasteiger partial charge in [-0.2, -0.15) is 0 Å². The van der Waals surface area contributed by atoms with Crippen LogP contribution in [-0.4, -0.2) is 13.2 Å². The third kappa shape index (κ3) is 3.85. The summed E-state index contributed by atoms with van der Waals surface area (Å²) in [4.78, 5) is 0. The first-order valence-corrected chi connectivity index (χ1v) is 7.06. The summed E-state index contributed by atoms with van der Waals surface area (Å²) in [5.41, 5.74) is 4.07. The fourth-order valence-corrected chi connectivity index (χ4v) is 2.35. The van der Waals surface area contributed by atoms with Crippen LogP contribution in [0.25, 0.3) is 0 Å². The molecule has 0 fully saturated rings. The molecule has 0 spiro atoms. The molecule has 3 N–H and O–H groups in total. The van der Waals surface area contributed by atoms with Gasteiger partial charge in [0.2, 0.25) is 0 Å². The van der Waals surface area contributed by atoms with Crippen molar-refractivity contribution in [1.82, 2.24) is 5.43 Å². The Balaban J connectivity index is 2.01. The molecular weight excluding hydrogens is 240 g/mol. The maximum Gasteiger partial charge on any atom is 0.161 e. The molecule has 0 bridgehead atoms. The van der Waals surface area contributed by atoms with Crippen LogP contribution in [0, 0.1) is 5.92 Å². The van der Waals surface area contributed by atoms with Gasteiger partial charge in [-0.1, -0.05) is 32.8 Å². The molecule has 19 heavy (non-hydrogen) atoms. The SMILES string of the molecule is CC(C)CCCC(NN)c1ccc2c(c1)OCCO2. The summed E-state index contributed by atoms with van der Waals surface area (Å²) in [7, 11) is 0. The fraction of sp³-hybridized carbons (Fsp3) is 0.600. The van der Waals surface area contributed by atoms with Gasteiger partial charge in [0.15, 0.2) is 11.5 Å². The molecule has 1 heterocycles. The van der Waals surface area contributed by atoms with E-state index >= 15 is 0 Å². The van der Waals surface area contributed by atoms with E-state index in [0.717, 1.165) is 29.4 Å². The van der Waals surface area contributed by atoms with Gasteiger partial charge in [-0.3, -0.25) is 11.3 Å². The molecule has 1 aliphatic heterocycles. The largest absolute Gasteiger partial charge is 0.486 e. The first-order valence-electron chi connectivity index (χ1n) is 7.06. The summed E-state index contributed by atoms with van der Waals surface area (Å²) in [6.45, 7) is 5.73. The zero-order chi connectivity index (χ0) is 13.7. The van der Waals surface area contributed by atoms with Crippen LogP contribution in [0.5, 0.6) is 11.5 Å². The lowest BCUT2D eigenvalue weighted by Gasteiger charge is -2.22. The van der Waals surface area contributed by atoms with Gasteiger partial charge in [0.1, 0.15) is 13.2 Å². The van der Waals surface area contributed by atoms with Gasteiger partial charge in [-0.25, -0.2) is 0 Å². The highest BCUT2D eigenvalue weighted by atomic mass is 16.6. The lowest BCUT2D eigenvalue weighted by atomic mass is 9.98. The van der Waals surface area contributed by atoms with Crippen molar-refractivity contribution < 1.29 is 9.47 Å². The quantitative estimate of drug-likeness (QED) is 0.613. The minimum Gasteiger partial charge on any atom is -0.486 e. The summed E-state index contributed by atoms with van der Waals surface area (Å²) in [6.07, 6.45) is 3.43. The second-order valence-electron chi connectivity index (χ2n) is 5.45. The van der Waals surface area contributed by atoms with Gasteiger partial charge >= 0.3 is 0 Å². The van der Waals surface area contributed by atoms with Crippen LogP contribution < -0.4 is 20.7 Å². The van der Waals surface area contributed by atoms with Crippen LogP contribution in [0.3, 0.4) is 0 Å². The Morgan fingerprint density at radius 2 is 1.89 bits per heavy atom. The van der Waals surface area contributed by atoms with Crippen LogP contribution in [0.4, 0.5) is 0 Å². The molecular formula is C15H24N2O2. The van der Waals surface area contributed by atoms with Crippen LogP contribution in [0.2, 0.25) is 0 Å². The van der Waals surface area contributed by atoms with Gasteiger partial charge in [-0.05, 0) is 30.0 Å². The Kier molecular flexibility index (Phi) is 5.05. The van der Waals surface area contributed by atoms with Crippen molar-refractivity contribution in [3.8, 4) is 11.5 Å². The molecule has 1 unspecified atom stereocenters. The highest BCUT2D eigenvalue weighted by Crippen LogP contribution is 2.33. The van der Waals surface area contributed by atoms with E-state index < -0.39 is 0 Å². The van der Waals surface area contributed by atoms with Crippen LogP contribution >= 0.6 is 0 Å². The first kappa shape index (κ1) is 14.2. The number of nitrogens with one attached hydrogen (secondary N) is 1. The van der Waals surface area contributed by atoms with Gasteiger partial charge in [0, 0.05) is 6.04 Å². The molecule has 1 aromatic rings. The predicted molar refractivity (Wildman–Crippen MR) is 76.2 cm³/mol. The molecule has 106 valence electrons. The monoisotopic (exact) mass is 264 g/mol. The minimum absolute atomic E-state index is 0.176. The van der Waals surface area contributed by atoms with Gasteiger partial charge < -0.3 is 9.47 Å². The van der Waals surface area contributed by atoms with Crippen molar-refractivity contribution in [3.05, 3.63) is 23.8 Å². The Morgan fingerprint density at radius 3 is 2.58 bits per heavy atom. The summed E-state index contributed by atoms with van der Waals surface area (Å²) in [5.74, 6) is 8.06. The van der Waals surface area contributed by atoms with E-state index in [9.17, 15) is 0 Å². The Bertz CT molecular complexity index is 407. The Morgan fingerprint density at radius 1 is 1.16 bits per heavy atom. The minimum atomic E-state index is 0.176. The molecule has 1 atom stereocenters. The first-order chi connectivity index (χ1) is 9.20. The molecule has 0 saturated heterocycles. The van der Waals surface area contributed by atoms with E-state index in [1.807, 2.05) is 12.1 Å². The smallest absolute Gasteiger partial charge is 0.161 e. The van der Waals surface area contributed by atoms with E-state index in [1.54, 1.807) is 0 Å². The topological polar surface area (TPSA) is 56.5 Å². The molecule has 4 nitrogen and oxygen atoms in total. The predicted octanol–water partition coefficient (Wildman–Crippen LogP) is 2.79. The average molecular weight is 264 g/mol. The number of hydrazine groups is 1. The third-order valence-corrected chi connectivity index (χ3v) is 3.44. The van der Waals surface area contributed by atoms with Crippen molar-refractivity contribution >= 4 is 0 Å². The standard InChI is InChI=1S/C15H24N2O2/c1-11(2)4-3-5-13(17-16)12-6-7-14-15(10-12)19-9-8-18-14/h6-7,10-11,13,17H,3-5,8-9,16H2,1-2H3. The molecule has 0 aliphatic carbocycles. The number of nitrogens with two attached hydrogens (primary N) is 1. The van der Waals surface area contributed by atoms with Crippen LogP contribution in [0.15, 0.2) is 18.2 Å². The van der Waals surface area contributed by atoms with Crippen molar-refractivity contribution in [3.63, 3.8) is 0 Å². The van der Waals surface area contributed by atoms with Gasteiger partial charge in [-0.15, -0.1) is 0 Å². The van der Waals surface area contributed by atoms with Crippen LogP contribution in [0.1, 0.15) is 44.7 Å². The lowest BCUT2D eigenvalue weighted by molar-refractivity contribution is 0.171. The molecule has 0 saturated carbocycles. The highest BCUT2D eigenvalue weighted by molar-refractivity contribution is 5.44. The summed E-state index contributed by atoms with van der Waals surface area (Å²) >= 11 is 0. The number of hydrogen-bond acceptors (Lipinski definition) is 4. The normalized spacial score (nSPS) is 15.6. The molecule has 0 aromatic heterocycles. The number of hydrogen-bond donors (Lipinski definition) is 2. The third-order valence-electron chi connectivity index (χ3n) is 3.44. The molecule has 0 amide bonds. The van der Waals surface area contributed by atoms with Crippen molar-refractivity contribution in [1.29, 1.82) is 0 Å². The lowest BCUT2D eigenvalue weighted by Crippen LogP contribution is -2.28. The van der Waals surface area contributed by atoms with E-state index in [-0.39, 0.29) is 6.04 Å². The molecule has 4 heteroatoms. The zero-order valence-electron chi connectivity index (χ0n) is 11.8. The summed E-state index contributed by atoms with van der Waals surface area (Å²) in [5, 5.41) is 0. The number of rotatable bonds is 6. The number of fused-ring (bicyclic) bond motifs is 1. The van der Waals surface area contributed by atoms with Gasteiger partial charge in [0.05, 0.1) is 0 Å². The van der Waals surface area contributed by atoms with Crippen molar-refractivity contribution in [2.75, 3.05) is 13.2 Å². The van der Waals surface area contributed by atoms with E-state index in [0.29, 0.717) is 13.2 Å². The second kappa shape index (κ2) is 6.78. The second-order valence-corrected chi connectivity index (χ2v) is 5.45. The number of benzene rings is 1. The molecule has 1 aromatic carbocycles. The Labute approximate surface area is 115 Å². The van der Waals surface area contributed by atoms with Crippen molar-refractivity contribution in [2.45, 2.75) is 39.2 Å². The highest BCUT2D eigenvalue weighted by Gasteiger charge is 2.16. The molecule has 2 rings (SSSR count). The maximum atomic E-state index is 5.68. The molecule has 1 aliphatic rings. The van der Waals surface area contributed by atoms with E-state index in [4.69, 9.17) is 15.3 Å².